The summed E-state index contributed by atoms with van der Waals surface area (Å²) in [7, 11) is 0. The van der Waals surface area contributed by atoms with E-state index in [1.54, 1.807) is 6.92 Å². The fourth-order valence-corrected chi connectivity index (χ4v) is 3.83. The number of hydrogen-bond donors (Lipinski definition) is 1. The largest absolute Gasteiger partial charge is 0.389 e. The van der Waals surface area contributed by atoms with Crippen molar-refractivity contribution in [2.75, 3.05) is 11.4 Å². The Morgan fingerprint density at radius 3 is 2.84 bits per heavy atom. The highest BCUT2D eigenvalue weighted by Gasteiger charge is 2.36. The number of aliphatic hydroxyl groups is 1. The molecule has 1 saturated heterocycles. The Labute approximate surface area is 114 Å². The van der Waals surface area contributed by atoms with Crippen molar-refractivity contribution in [1.29, 1.82) is 0 Å². The Balaban J connectivity index is 1.93. The van der Waals surface area contributed by atoms with E-state index in [9.17, 15) is 9.50 Å². The molecule has 0 aromatic heterocycles. The Bertz CT molecular complexity index is 460. The molecule has 0 bridgehead atoms. The maximum atomic E-state index is 13.4. The fraction of sp³-hybridized carbons (Fsp3) is 0.625. The summed E-state index contributed by atoms with van der Waals surface area (Å²) < 4.78 is 13.4. The quantitative estimate of drug-likeness (QED) is 0.880. The molecular formula is C16H22FNO. The molecule has 1 heterocycles. The number of anilines is 1. The summed E-state index contributed by atoms with van der Waals surface area (Å²) in [6.45, 7) is 2.76. The lowest BCUT2D eigenvalue weighted by molar-refractivity contribution is 0.199. The van der Waals surface area contributed by atoms with E-state index in [1.807, 2.05) is 6.07 Å². The molecule has 0 amide bonds. The van der Waals surface area contributed by atoms with Crippen LogP contribution < -0.4 is 4.90 Å². The van der Waals surface area contributed by atoms with Crippen LogP contribution in [0.2, 0.25) is 0 Å². The number of nitrogens with zero attached hydrogens (tertiary/aromatic N) is 1. The van der Waals surface area contributed by atoms with Gasteiger partial charge in [0, 0.05) is 23.8 Å². The van der Waals surface area contributed by atoms with E-state index in [0.29, 0.717) is 6.04 Å². The van der Waals surface area contributed by atoms with Crippen LogP contribution >= 0.6 is 0 Å². The SMILES string of the molecule is C[C@H](O)c1cc(F)ccc1N1CCC2CCCCC21. The molecule has 3 rings (SSSR count). The molecule has 104 valence electrons. The summed E-state index contributed by atoms with van der Waals surface area (Å²) in [4.78, 5) is 2.41. The van der Waals surface area contributed by atoms with Gasteiger partial charge in [0.25, 0.3) is 0 Å². The first-order chi connectivity index (χ1) is 9.16. The van der Waals surface area contributed by atoms with Gasteiger partial charge in [0.1, 0.15) is 5.82 Å². The predicted molar refractivity (Wildman–Crippen MR) is 74.7 cm³/mol. The second-order valence-electron chi connectivity index (χ2n) is 5.97. The van der Waals surface area contributed by atoms with Crippen LogP contribution in [-0.4, -0.2) is 17.7 Å². The molecule has 1 aliphatic carbocycles. The molecule has 1 aromatic carbocycles. The van der Waals surface area contributed by atoms with Crippen LogP contribution in [0.3, 0.4) is 0 Å². The minimum absolute atomic E-state index is 0.265. The molecule has 2 unspecified atom stereocenters. The Morgan fingerprint density at radius 2 is 2.05 bits per heavy atom. The van der Waals surface area contributed by atoms with Crippen molar-refractivity contribution in [3.05, 3.63) is 29.6 Å². The zero-order chi connectivity index (χ0) is 13.4. The molecule has 3 heteroatoms. The van der Waals surface area contributed by atoms with Gasteiger partial charge >= 0.3 is 0 Å². The van der Waals surface area contributed by atoms with Crippen LogP contribution in [-0.2, 0) is 0 Å². The maximum Gasteiger partial charge on any atom is 0.123 e. The zero-order valence-corrected chi connectivity index (χ0v) is 11.5. The fourth-order valence-electron chi connectivity index (χ4n) is 3.83. The summed E-state index contributed by atoms with van der Waals surface area (Å²) in [5.41, 5.74) is 1.76. The molecule has 1 N–H and O–H groups in total. The zero-order valence-electron chi connectivity index (χ0n) is 11.5. The van der Waals surface area contributed by atoms with Crippen LogP contribution in [0.15, 0.2) is 18.2 Å². The molecule has 3 atom stereocenters. The van der Waals surface area contributed by atoms with E-state index < -0.39 is 6.10 Å². The highest BCUT2D eigenvalue weighted by molar-refractivity contribution is 5.56. The standard InChI is InChI=1S/C16H22FNO/c1-11(19)14-10-13(17)6-7-16(14)18-9-8-12-4-2-3-5-15(12)18/h6-7,10-12,15,19H,2-5,8-9H2,1H3/t11-,12?,15?/m0/s1. The number of aliphatic hydroxyl groups excluding tert-OH is 1. The second kappa shape index (κ2) is 5.12. The van der Waals surface area contributed by atoms with Gasteiger partial charge in [-0.05, 0) is 50.3 Å². The summed E-state index contributed by atoms with van der Waals surface area (Å²) in [5.74, 6) is 0.527. The highest BCUT2D eigenvalue weighted by atomic mass is 19.1. The number of fused-ring (bicyclic) bond motifs is 1. The Morgan fingerprint density at radius 1 is 1.26 bits per heavy atom. The number of halogens is 1. The van der Waals surface area contributed by atoms with Crippen molar-refractivity contribution in [3.8, 4) is 0 Å². The molecule has 2 aliphatic rings. The number of benzene rings is 1. The summed E-state index contributed by atoms with van der Waals surface area (Å²) in [5, 5.41) is 9.89. The third kappa shape index (κ3) is 2.36. The van der Waals surface area contributed by atoms with Gasteiger partial charge < -0.3 is 10.0 Å². The summed E-state index contributed by atoms with van der Waals surface area (Å²) in [6, 6.07) is 5.43. The molecular weight excluding hydrogens is 241 g/mol. The van der Waals surface area contributed by atoms with Crippen LogP contribution in [0.25, 0.3) is 0 Å². The Kier molecular flexibility index (Phi) is 3.48. The highest BCUT2D eigenvalue weighted by Crippen LogP contribution is 2.41. The first-order valence-electron chi connectivity index (χ1n) is 7.41. The van der Waals surface area contributed by atoms with Gasteiger partial charge in [0.05, 0.1) is 6.10 Å². The number of rotatable bonds is 2. The van der Waals surface area contributed by atoms with E-state index in [2.05, 4.69) is 4.90 Å². The normalized spacial score (nSPS) is 28.3. The predicted octanol–water partition coefficient (Wildman–Crippen LogP) is 3.65. The summed E-state index contributed by atoms with van der Waals surface area (Å²) in [6.07, 6.45) is 5.83. The van der Waals surface area contributed by atoms with Gasteiger partial charge in [-0.2, -0.15) is 0 Å². The first kappa shape index (κ1) is 12.9. The lowest BCUT2D eigenvalue weighted by atomic mass is 9.85. The van der Waals surface area contributed by atoms with Crippen molar-refractivity contribution >= 4 is 5.69 Å². The van der Waals surface area contributed by atoms with Gasteiger partial charge in [-0.1, -0.05) is 12.8 Å². The third-order valence-electron chi connectivity index (χ3n) is 4.76. The lowest BCUT2D eigenvalue weighted by Crippen LogP contribution is -2.35. The average molecular weight is 263 g/mol. The van der Waals surface area contributed by atoms with Crippen molar-refractivity contribution in [2.24, 2.45) is 5.92 Å². The van der Waals surface area contributed by atoms with Gasteiger partial charge in [0.15, 0.2) is 0 Å². The van der Waals surface area contributed by atoms with E-state index in [0.717, 1.165) is 23.7 Å². The molecule has 0 radical (unpaired) electrons. The lowest BCUT2D eigenvalue weighted by Gasteiger charge is -2.34. The van der Waals surface area contributed by atoms with Gasteiger partial charge in [-0.15, -0.1) is 0 Å². The molecule has 1 aliphatic heterocycles. The molecule has 1 saturated carbocycles. The molecule has 2 fully saturated rings. The molecule has 19 heavy (non-hydrogen) atoms. The molecule has 2 nitrogen and oxygen atoms in total. The summed E-state index contributed by atoms with van der Waals surface area (Å²) >= 11 is 0. The van der Waals surface area contributed by atoms with Crippen LogP contribution in [0, 0.1) is 11.7 Å². The molecule has 0 spiro atoms. The van der Waals surface area contributed by atoms with Gasteiger partial charge in [-0.25, -0.2) is 4.39 Å². The maximum absolute atomic E-state index is 13.4. The van der Waals surface area contributed by atoms with E-state index >= 15 is 0 Å². The van der Waals surface area contributed by atoms with E-state index in [4.69, 9.17) is 0 Å². The van der Waals surface area contributed by atoms with Crippen molar-refractivity contribution in [3.63, 3.8) is 0 Å². The van der Waals surface area contributed by atoms with E-state index in [-0.39, 0.29) is 5.82 Å². The van der Waals surface area contributed by atoms with Crippen LogP contribution in [0.4, 0.5) is 10.1 Å². The van der Waals surface area contributed by atoms with Gasteiger partial charge in [0.2, 0.25) is 0 Å². The van der Waals surface area contributed by atoms with Crippen molar-refractivity contribution in [1.82, 2.24) is 0 Å². The molecule has 1 aromatic rings. The smallest absolute Gasteiger partial charge is 0.123 e. The second-order valence-corrected chi connectivity index (χ2v) is 5.97. The first-order valence-corrected chi connectivity index (χ1v) is 7.41. The van der Waals surface area contributed by atoms with Gasteiger partial charge in [-0.3, -0.25) is 0 Å². The average Bonchev–Trinajstić information content (AvgIpc) is 2.82. The minimum atomic E-state index is -0.617. The minimum Gasteiger partial charge on any atom is -0.389 e. The van der Waals surface area contributed by atoms with E-state index in [1.165, 1.54) is 44.2 Å². The van der Waals surface area contributed by atoms with Crippen molar-refractivity contribution in [2.45, 2.75) is 51.2 Å². The van der Waals surface area contributed by atoms with Crippen LogP contribution in [0.5, 0.6) is 0 Å². The van der Waals surface area contributed by atoms with Crippen molar-refractivity contribution < 1.29 is 9.50 Å². The van der Waals surface area contributed by atoms with Crippen LogP contribution in [0.1, 0.15) is 50.7 Å². The monoisotopic (exact) mass is 263 g/mol. The number of hydrogen-bond acceptors (Lipinski definition) is 2. The third-order valence-corrected chi connectivity index (χ3v) is 4.76. The Hall–Kier alpha value is -1.09. The topological polar surface area (TPSA) is 23.5 Å².